The number of amides is 1. The van der Waals surface area contributed by atoms with Crippen molar-refractivity contribution in [2.24, 2.45) is 5.73 Å². The molecule has 2 atom stereocenters. The Labute approximate surface area is 125 Å². The molecule has 0 aliphatic carbocycles. The number of aromatic nitrogens is 1. The second kappa shape index (κ2) is 7.21. The van der Waals surface area contributed by atoms with Gasteiger partial charge in [0.15, 0.2) is 0 Å². The zero-order chi connectivity index (χ0) is 15.2. The molecule has 1 amide bonds. The predicted molar refractivity (Wildman–Crippen MR) is 80.7 cm³/mol. The van der Waals surface area contributed by atoms with E-state index in [9.17, 15) is 4.79 Å². The van der Waals surface area contributed by atoms with Gasteiger partial charge < -0.3 is 15.4 Å². The van der Waals surface area contributed by atoms with Crippen molar-refractivity contribution < 1.29 is 9.53 Å². The van der Waals surface area contributed by atoms with Gasteiger partial charge in [-0.2, -0.15) is 0 Å². The molecule has 0 spiro atoms. The molecule has 1 aromatic heterocycles. The number of nitrogens with two attached hydrogens (primary N) is 1. The molecule has 1 aliphatic rings. The Balaban J connectivity index is 2.30. The van der Waals surface area contributed by atoms with Crippen LogP contribution in [0, 0.1) is 11.8 Å². The van der Waals surface area contributed by atoms with Gasteiger partial charge in [0, 0.05) is 12.7 Å². The Morgan fingerprint density at radius 2 is 2.43 bits per heavy atom. The van der Waals surface area contributed by atoms with E-state index in [4.69, 9.17) is 10.5 Å². The van der Waals surface area contributed by atoms with Crippen molar-refractivity contribution in [3.05, 3.63) is 29.6 Å². The number of hydrogen-bond donors (Lipinski definition) is 1. The maximum atomic E-state index is 12.8. The average molecular weight is 287 g/mol. The van der Waals surface area contributed by atoms with E-state index < -0.39 is 0 Å². The standard InChI is InChI=1S/C16H21N3O2/c1-3-14-11-21-12(2)10-19(14)16(20)15-13(6-4-8-17)7-5-9-18-15/h5,7,9,12,14H,3,8,10-11,17H2,1-2H3. The molecule has 1 aliphatic heterocycles. The SMILES string of the molecule is CCC1COC(C)CN1C(=O)c1ncccc1C#CCN. The summed E-state index contributed by atoms with van der Waals surface area (Å²) in [6.45, 7) is 5.43. The summed E-state index contributed by atoms with van der Waals surface area (Å²) in [4.78, 5) is 18.9. The second-order valence-electron chi connectivity index (χ2n) is 5.07. The quantitative estimate of drug-likeness (QED) is 0.825. The van der Waals surface area contributed by atoms with E-state index in [-0.39, 0.29) is 24.6 Å². The normalized spacial score (nSPS) is 21.6. The number of ether oxygens (including phenoxy) is 1. The molecular weight excluding hydrogens is 266 g/mol. The average Bonchev–Trinajstić information content (AvgIpc) is 2.52. The Morgan fingerprint density at radius 1 is 1.62 bits per heavy atom. The van der Waals surface area contributed by atoms with E-state index >= 15 is 0 Å². The Morgan fingerprint density at radius 3 is 3.14 bits per heavy atom. The van der Waals surface area contributed by atoms with Gasteiger partial charge in [0.2, 0.25) is 0 Å². The molecule has 5 nitrogen and oxygen atoms in total. The number of rotatable bonds is 2. The zero-order valence-corrected chi connectivity index (χ0v) is 12.5. The van der Waals surface area contributed by atoms with Crippen LogP contribution in [-0.4, -0.2) is 47.6 Å². The minimum atomic E-state index is -0.0843. The first-order valence-corrected chi connectivity index (χ1v) is 7.23. The fraction of sp³-hybridized carbons (Fsp3) is 0.500. The van der Waals surface area contributed by atoms with Crippen LogP contribution >= 0.6 is 0 Å². The molecule has 0 aromatic carbocycles. The summed E-state index contributed by atoms with van der Waals surface area (Å²) in [5, 5.41) is 0. The van der Waals surface area contributed by atoms with E-state index in [0.29, 0.717) is 24.4 Å². The van der Waals surface area contributed by atoms with Crippen molar-refractivity contribution in [3.63, 3.8) is 0 Å². The Kier molecular flexibility index (Phi) is 5.32. The minimum Gasteiger partial charge on any atom is -0.375 e. The summed E-state index contributed by atoms with van der Waals surface area (Å²) in [7, 11) is 0. The number of pyridine rings is 1. The van der Waals surface area contributed by atoms with Crippen molar-refractivity contribution >= 4 is 5.91 Å². The molecule has 0 saturated carbocycles. The molecule has 2 heterocycles. The van der Waals surface area contributed by atoms with Gasteiger partial charge in [-0.3, -0.25) is 4.79 Å². The largest absolute Gasteiger partial charge is 0.375 e. The van der Waals surface area contributed by atoms with Gasteiger partial charge in [0.1, 0.15) is 5.69 Å². The van der Waals surface area contributed by atoms with Crippen molar-refractivity contribution in [2.45, 2.75) is 32.4 Å². The lowest BCUT2D eigenvalue weighted by molar-refractivity contribution is -0.0446. The van der Waals surface area contributed by atoms with Gasteiger partial charge in [-0.05, 0) is 25.5 Å². The third-order valence-corrected chi connectivity index (χ3v) is 3.54. The monoisotopic (exact) mass is 287 g/mol. The van der Waals surface area contributed by atoms with Gasteiger partial charge in [0.05, 0.1) is 30.9 Å². The maximum absolute atomic E-state index is 12.8. The summed E-state index contributed by atoms with van der Waals surface area (Å²) in [6.07, 6.45) is 2.51. The number of nitrogens with zero attached hydrogens (tertiary/aromatic N) is 2. The predicted octanol–water partition coefficient (Wildman–Crippen LogP) is 1.03. The molecule has 2 N–H and O–H groups in total. The van der Waals surface area contributed by atoms with Crippen LogP contribution in [0.3, 0.4) is 0 Å². The van der Waals surface area contributed by atoms with E-state index in [1.54, 1.807) is 18.3 Å². The summed E-state index contributed by atoms with van der Waals surface area (Å²) in [5.41, 5.74) is 6.42. The van der Waals surface area contributed by atoms with E-state index in [1.807, 2.05) is 11.8 Å². The highest BCUT2D eigenvalue weighted by Crippen LogP contribution is 2.18. The molecule has 1 saturated heterocycles. The summed E-state index contributed by atoms with van der Waals surface area (Å²) in [6, 6.07) is 3.66. The van der Waals surface area contributed by atoms with Crippen LogP contribution in [0.5, 0.6) is 0 Å². The van der Waals surface area contributed by atoms with Gasteiger partial charge in [-0.1, -0.05) is 18.8 Å². The van der Waals surface area contributed by atoms with Crippen LogP contribution in [-0.2, 0) is 4.74 Å². The highest BCUT2D eigenvalue weighted by Gasteiger charge is 2.31. The fourth-order valence-corrected chi connectivity index (χ4v) is 2.39. The number of morpholine rings is 1. The topological polar surface area (TPSA) is 68.5 Å². The molecule has 2 rings (SSSR count). The van der Waals surface area contributed by atoms with E-state index in [2.05, 4.69) is 23.7 Å². The molecule has 0 bridgehead atoms. The lowest BCUT2D eigenvalue weighted by Gasteiger charge is -2.38. The maximum Gasteiger partial charge on any atom is 0.274 e. The van der Waals surface area contributed by atoms with Crippen LogP contribution in [0.15, 0.2) is 18.3 Å². The molecule has 1 fully saturated rings. The molecule has 1 aromatic rings. The summed E-state index contributed by atoms with van der Waals surface area (Å²) >= 11 is 0. The highest BCUT2D eigenvalue weighted by atomic mass is 16.5. The van der Waals surface area contributed by atoms with E-state index in [1.165, 1.54) is 0 Å². The molecule has 2 unspecified atom stereocenters. The first-order valence-electron chi connectivity index (χ1n) is 7.23. The molecule has 21 heavy (non-hydrogen) atoms. The minimum absolute atomic E-state index is 0.0408. The van der Waals surface area contributed by atoms with E-state index in [0.717, 1.165) is 6.42 Å². The summed E-state index contributed by atoms with van der Waals surface area (Å²) in [5.74, 6) is 5.62. The number of carbonyl (C=O) groups is 1. The van der Waals surface area contributed by atoms with Crippen LogP contribution in [0.4, 0.5) is 0 Å². The third-order valence-electron chi connectivity index (χ3n) is 3.54. The molecule has 112 valence electrons. The smallest absolute Gasteiger partial charge is 0.274 e. The molecular formula is C16H21N3O2. The van der Waals surface area contributed by atoms with Crippen LogP contribution in [0.1, 0.15) is 36.3 Å². The van der Waals surface area contributed by atoms with Crippen molar-refractivity contribution in [3.8, 4) is 11.8 Å². The van der Waals surface area contributed by atoms with Crippen molar-refractivity contribution in [2.75, 3.05) is 19.7 Å². The van der Waals surface area contributed by atoms with Crippen molar-refractivity contribution in [1.29, 1.82) is 0 Å². The Hall–Kier alpha value is -1.90. The van der Waals surface area contributed by atoms with Gasteiger partial charge >= 0.3 is 0 Å². The highest BCUT2D eigenvalue weighted by molar-refractivity contribution is 5.95. The lowest BCUT2D eigenvalue weighted by atomic mass is 10.1. The third kappa shape index (κ3) is 3.60. The van der Waals surface area contributed by atoms with Gasteiger partial charge in [-0.25, -0.2) is 4.98 Å². The second-order valence-corrected chi connectivity index (χ2v) is 5.07. The van der Waals surface area contributed by atoms with Gasteiger partial charge in [-0.15, -0.1) is 0 Å². The number of carbonyl (C=O) groups excluding carboxylic acids is 1. The van der Waals surface area contributed by atoms with Crippen LogP contribution in [0.25, 0.3) is 0 Å². The molecule has 0 radical (unpaired) electrons. The first-order chi connectivity index (χ1) is 10.2. The fourth-order valence-electron chi connectivity index (χ4n) is 2.39. The van der Waals surface area contributed by atoms with Crippen LogP contribution in [0.2, 0.25) is 0 Å². The summed E-state index contributed by atoms with van der Waals surface area (Å²) < 4.78 is 5.63. The number of hydrogen-bond acceptors (Lipinski definition) is 4. The first kappa shape index (κ1) is 15.5. The lowest BCUT2D eigenvalue weighted by Crippen LogP contribution is -2.51. The van der Waals surface area contributed by atoms with Crippen molar-refractivity contribution in [1.82, 2.24) is 9.88 Å². The molecule has 5 heteroatoms. The van der Waals surface area contributed by atoms with Gasteiger partial charge in [0.25, 0.3) is 5.91 Å². The Bertz CT molecular complexity index is 562. The zero-order valence-electron chi connectivity index (χ0n) is 12.5. The van der Waals surface area contributed by atoms with Crippen LogP contribution < -0.4 is 5.73 Å².